The minimum Gasteiger partial charge on any atom is -0.491 e. The first-order chi connectivity index (χ1) is 13.0. The molecule has 3 N–H and O–H groups in total. The summed E-state index contributed by atoms with van der Waals surface area (Å²) in [5.74, 6) is 0.497. The fourth-order valence-electron chi connectivity index (χ4n) is 2.71. The molecule has 0 unspecified atom stereocenters. The molecule has 2 aromatic rings. The van der Waals surface area contributed by atoms with Crippen LogP contribution in [0.2, 0.25) is 0 Å². The van der Waals surface area contributed by atoms with Crippen LogP contribution in [0.15, 0.2) is 48.5 Å². The molecule has 0 fully saturated rings. The second-order valence-electron chi connectivity index (χ2n) is 6.45. The molecule has 0 saturated carbocycles. The maximum Gasteiger partial charge on any atom is 0.412 e. The van der Waals surface area contributed by atoms with E-state index in [0.717, 1.165) is 11.1 Å². The molecule has 0 radical (unpaired) electrons. The average molecular weight is 373 g/mol. The molecule has 6 nitrogen and oxygen atoms in total. The van der Waals surface area contributed by atoms with Gasteiger partial charge in [0.2, 0.25) is 0 Å². The summed E-state index contributed by atoms with van der Waals surface area (Å²) in [7, 11) is 0. The predicted molar refractivity (Wildman–Crippen MR) is 104 cm³/mol. The fraction of sp³-hybridized carbons (Fsp3) is 0.381. The Bertz CT molecular complexity index is 717. The van der Waals surface area contributed by atoms with Gasteiger partial charge in [0.15, 0.2) is 0 Å². The Hall–Kier alpha value is -2.57. The highest BCUT2D eigenvalue weighted by molar-refractivity contribution is 5.84. The molecule has 27 heavy (non-hydrogen) atoms. The molecule has 0 aliphatic carbocycles. The van der Waals surface area contributed by atoms with Gasteiger partial charge in [-0.15, -0.1) is 0 Å². The maximum atomic E-state index is 12.4. The second-order valence-corrected chi connectivity index (χ2v) is 6.45. The normalized spacial score (nSPS) is 12.9. The van der Waals surface area contributed by atoms with Crippen molar-refractivity contribution in [3.63, 3.8) is 0 Å². The number of benzene rings is 2. The smallest absolute Gasteiger partial charge is 0.412 e. The Morgan fingerprint density at radius 3 is 2.52 bits per heavy atom. The molecule has 146 valence electrons. The summed E-state index contributed by atoms with van der Waals surface area (Å²) in [6, 6.07) is 14.7. The van der Waals surface area contributed by atoms with Crippen LogP contribution in [0.5, 0.6) is 5.75 Å². The molecule has 2 rings (SSSR count). The molecule has 1 amide bonds. The number of hydrogen-bond acceptors (Lipinski definition) is 5. The van der Waals surface area contributed by atoms with Gasteiger partial charge < -0.3 is 19.7 Å². The van der Waals surface area contributed by atoms with Crippen molar-refractivity contribution in [2.75, 3.05) is 25.1 Å². The third kappa shape index (κ3) is 6.58. The molecular formula is C21H27NO5. The molecule has 2 aromatic carbocycles. The van der Waals surface area contributed by atoms with Crippen molar-refractivity contribution < 1.29 is 24.5 Å². The summed E-state index contributed by atoms with van der Waals surface area (Å²) in [5.41, 5.74) is 2.52. The van der Waals surface area contributed by atoms with E-state index in [1.807, 2.05) is 50.2 Å². The maximum absolute atomic E-state index is 12.4. The number of ether oxygens (including phenoxy) is 2. The zero-order valence-corrected chi connectivity index (χ0v) is 15.7. The first-order valence-corrected chi connectivity index (χ1v) is 9.02. The summed E-state index contributed by atoms with van der Waals surface area (Å²) in [5, 5.41) is 20.9. The van der Waals surface area contributed by atoms with Crippen LogP contribution in [-0.2, 0) is 4.74 Å². The van der Waals surface area contributed by atoms with Gasteiger partial charge in [-0.2, -0.15) is 0 Å². The number of carbonyl (C=O) groups excluding carboxylic acids is 1. The van der Waals surface area contributed by atoms with Crippen LogP contribution in [0.25, 0.3) is 0 Å². The van der Waals surface area contributed by atoms with E-state index in [1.54, 1.807) is 12.1 Å². The number of hydrogen-bond donors (Lipinski definition) is 3. The Morgan fingerprint density at radius 2 is 1.85 bits per heavy atom. The van der Waals surface area contributed by atoms with E-state index in [4.69, 9.17) is 14.6 Å². The number of aliphatic hydroxyl groups excluding tert-OH is 2. The Balaban J connectivity index is 2.13. The molecule has 0 aliphatic rings. The van der Waals surface area contributed by atoms with Crippen molar-refractivity contribution in [3.8, 4) is 5.75 Å². The summed E-state index contributed by atoms with van der Waals surface area (Å²) in [6.45, 7) is 4.00. The summed E-state index contributed by atoms with van der Waals surface area (Å²) < 4.78 is 11.1. The van der Waals surface area contributed by atoms with E-state index in [2.05, 4.69) is 5.32 Å². The SMILES string of the molecule is Cc1ccc(NC(=O)O[C@H](c2cccc(OCCO)c2)[C@@H](C)CCO)cc1. The highest BCUT2D eigenvalue weighted by Gasteiger charge is 2.24. The number of nitrogens with one attached hydrogen (secondary N) is 1. The first-order valence-electron chi connectivity index (χ1n) is 9.02. The van der Waals surface area contributed by atoms with E-state index >= 15 is 0 Å². The lowest BCUT2D eigenvalue weighted by molar-refractivity contribution is 0.0665. The van der Waals surface area contributed by atoms with E-state index in [-0.39, 0.29) is 25.7 Å². The topological polar surface area (TPSA) is 88.0 Å². The molecular weight excluding hydrogens is 346 g/mol. The number of carbonyl (C=O) groups is 1. The van der Waals surface area contributed by atoms with Crippen molar-refractivity contribution in [1.29, 1.82) is 0 Å². The molecule has 0 aromatic heterocycles. The van der Waals surface area contributed by atoms with Gasteiger partial charge in [0.1, 0.15) is 18.5 Å². The molecule has 0 bridgehead atoms. The minimum atomic E-state index is -0.560. The van der Waals surface area contributed by atoms with Crippen LogP contribution in [0.1, 0.15) is 30.6 Å². The molecule has 0 saturated heterocycles. The lowest BCUT2D eigenvalue weighted by atomic mass is 9.94. The van der Waals surface area contributed by atoms with Gasteiger partial charge in [0.25, 0.3) is 0 Å². The van der Waals surface area contributed by atoms with Gasteiger partial charge in [0.05, 0.1) is 6.61 Å². The fourth-order valence-corrected chi connectivity index (χ4v) is 2.71. The van der Waals surface area contributed by atoms with E-state index in [0.29, 0.717) is 17.9 Å². The highest BCUT2D eigenvalue weighted by Crippen LogP contribution is 2.31. The largest absolute Gasteiger partial charge is 0.491 e. The second kappa shape index (κ2) is 10.5. The van der Waals surface area contributed by atoms with Gasteiger partial charge in [-0.25, -0.2) is 4.79 Å². The number of aliphatic hydroxyl groups is 2. The molecule has 0 heterocycles. The third-order valence-corrected chi connectivity index (χ3v) is 4.18. The van der Waals surface area contributed by atoms with Gasteiger partial charge in [-0.1, -0.05) is 36.8 Å². The van der Waals surface area contributed by atoms with Crippen molar-refractivity contribution in [2.24, 2.45) is 5.92 Å². The standard InChI is InChI=1S/C21H27NO5/c1-15-6-8-18(9-7-15)22-21(25)27-20(16(2)10-11-23)17-4-3-5-19(14-17)26-13-12-24/h3-9,14,16,20,23-24H,10-13H2,1-2H3,(H,22,25)/t16-,20-/m0/s1. The summed E-state index contributed by atoms with van der Waals surface area (Å²) in [6.07, 6.45) is -0.611. The van der Waals surface area contributed by atoms with Gasteiger partial charge in [0, 0.05) is 12.3 Å². The number of anilines is 1. The van der Waals surface area contributed by atoms with Gasteiger partial charge in [-0.05, 0) is 49.1 Å². The van der Waals surface area contributed by atoms with Crippen molar-refractivity contribution in [2.45, 2.75) is 26.4 Å². The van der Waals surface area contributed by atoms with Crippen LogP contribution < -0.4 is 10.1 Å². The predicted octanol–water partition coefficient (Wildman–Crippen LogP) is 3.67. The van der Waals surface area contributed by atoms with E-state index < -0.39 is 12.2 Å². The number of rotatable bonds is 9. The van der Waals surface area contributed by atoms with E-state index in [9.17, 15) is 9.90 Å². The molecule has 0 spiro atoms. The molecule has 2 atom stereocenters. The number of amides is 1. The molecule has 6 heteroatoms. The molecule has 0 aliphatic heterocycles. The summed E-state index contributed by atoms with van der Waals surface area (Å²) >= 11 is 0. The van der Waals surface area contributed by atoms with Gasteiger partial charge in [-0.3, -0.25) is 5.32 Å². The van der Waals surface area contributed by atoms with Crippen molar-refractivity contribution in [3.05, 3.63) is 59.7 Å². The lowest BCUT2D eigenvalue weighted by Crippen LogP contribution is -2.22. The van der Waals surface area contributed by atoms with Crippen LogP contribution in [0.4, 0.5) is 10.5 Å². The zero-order chi connectivity index (χ0) is 19.6. The summed E-state index contributed by atoms with van der Waals surface area (Å²) in [4.78, 5) is 12.4. The minimum absolute atomic E-state index is 0.00130. The van der Waals surface area contributed by atoms with Crippen molar-refractivity contribution >= 4 is 11.8 Å². The quantitative estimate of drug-likeness (QED) is 0.624. The van der Waals surface area contributed by atoms with Gasteiger partial charge >= 0.3 is 6.09 Å². The number of aryl methyl sites for hydroxylation is 1. The van der Waals surface area contributed by atoms with Crippen molar-refractivity contribution in [1.82, 2.24) is 0 Å². The Kier molecular flexibility index (Phi) is 8.10. The Morgan fingerprint density at radius 1 is 1.11 bits per heavy atom. The average Bonchev–Trinajstić information content (AvgIpc) is 2.66. The van der Waals surface area contributed by atoms with Crippen LogP contribution in [0.3, 0.4) is 0 Å². The van der Waals surface area contributed by atoms with Crippen LogP contribution in [0, 0.1) is 12.8 Å². The van der Waals surface area contributed by atoms with E-state index in [1.165, 1.54) is 0 Å². The Labute approximate surface area is 159 Å². The van der Waals surface area contributed by atoms with Crippen LogP contribution in [-0.4, -0.2) is 36.1 Å². The monoisotopic (exact) mass is 373 g/mol. The lowest BCUT2D eigenvalue weighted by Gasteiger charge is -2.24. The highest BCUT2D eigenvalue weighted by atomic mass is 16.6. The first kappa shape index (κ1) is 20.7. The zero-order valence-electron chi connectivity index (χ0n) is 15.7. The van der Waals surface area contributed by atoms with Crippen LogP contribution >= 0.6 is 0 Å². The third-order valence-electron chi connectivity index (χ3n) is 4.18.